The summed E-state index contributed by atoms with van der Waals surface area (Å²) in [5, 5.41) is 0.985. The highest BCUT2D eigenvalue weighted by molar-refractivity contribution is 5.85. The maximum atomic E-state index is 11.7. The highest BCUT2D eigenvalue weighted by atomic mass is 16.5. The number of methoxy groups -OCH3 is 1. The fourth-order valence-corrected chi connectivity index (χ4v) is 2.33. The van der Waals surface area contributed by atoms with E-state index in [2.05, 4.69) is 13.5 Å². The Morgan fingerprint density at radius 3 is 2.84 bits per heavy atom. The van der Waals surface area contributed by atoms with Gasteiger partial charge in [0.15, 0.2) is 0 Å². The Kier molecular flexibility index (Phi) is 4.05. The van der Waals surface area contributed by atoms with Gasteiger partial charge in [0.2, 0.25) is 0 Å². The summed E-state index contributed by atoms with van der Waals surface area (Å²) in [5.41, 5.74) is 2.22. The third kappa shape index (κ3) is 2.55. The molecule has 0 saturated heterocycles. The van der Waals surface area contributed by atoms with E-state index in [0.717, 1.165) is 35.1 Å². The van der Waals surface area contributed by atoms with Crippen LogP contribution in [0.15, 0.2) is 40.1 Å². The normalized spacial score (nSPS) is 10.6. The van der Waals surface area contributed by atoms with E-state index in [1.165, 1.54) is 0 Å². The minimum absolute atomic E-state index is 0.311. The SMILES string of the molecule is C=CCc1c(OC)ccc2c(CCC)cc(=O)oc12. The first-order chi connectivity index (χ1) is 9.21. The van der Waals surface area contributed by atoms with Crippen LogP contribution in [0.1, 0.15) is 24.5 Å². The van der Waals surface area contributed by atoms with Crippen molar-refractivity contribution in [3.05, 3.63) is 52.4 Å². The number of allylic oxidation sites excluding steroid dienone is 1. The van der Waals surface area contributed by atoms with E-state index < -0.39 is 0 Å². The lowest BCUT2D eigenvalue weighted by molar-refractivity contribution is 0.409. The molecule has 0 fully saturated rings. The highest BCUT2D eigenvalue weighted by Crippen LogP contribution is 2.30. The van der Waals surface area contributed by atoms with Crippen LogP contribution in [0, 0.1) is 0 Å². The van der Waals surface area contributed by atoms with E-state index in [1.807, 2.05) is 12.1 Å². The van der Waals surface area contributed by atoms with Crippen molar-refractivity contribution >= 4 is 11.0 Å². The molecular weight excluding hydrogens is 240 g/mol. The Morgan fingerprint density at radius 1 is 1.42 bits per heavy atom. The van der Waals surface area contributed by atoms with E-state index in [0.29, 0.717) is 12.0 Å². The average Bonchev–Trinajstić information content (AvgIpc) is 2.40. The minimum Gasteiger partial charge on any atom is -0.496 e. The van der Waals surface area contributed by atoms with E-state index in [-0.39, 0.29) is 5.63 Å². The van der Waals surface area contributed by atoms with Crippen molar-refractivity contribution in [2.24, 2.45) is 0 Å². The second-order valence-electron chi connectivity index (χ2n) is 4.46. The molecule has 0 saturated carbocycles. The van der Waals surface area contributed by atoms with Crippen molar-refractivity contribution in [3.63, 3.8) is 0 Å². The number of benzene rings is 1. The first kappa shape index (κ1) is 13.4. The van der Waals surface area contributed by atoms with Crippen molar-refractivity contribution in [1.82, 2.24) is 0 Å². The zero-order chi connectivity index (χ0) is 13.8. The summed E-state index contributed by atoms with van der Waals surface area (Å²) in [7, 11) is 1.61. The molecule has 3 heteroatoms. The smallest absolute Gasteiger partial charge is 0.336 e. The second kappa shape index (κ2) is 5.74. The molecule has 2 aromatic rings. The quantitative estimate of drug-likeness (QED) is 0.609. The molecule has 0 radical (unpaired) electrons. The van der Waals surface area contributed by atoms with Crippen molar-refractivity contribution in [2.45, 2.75) is 26.2 Å². The van der Waals surface area contributed by atoms with Gasteiger partial charge in [0.25, 0.3) is 0 Å². The largest absolute Gasteiger partial charge is 0.496 e. The van der Waals surface area contributed by atoms with Crippen molar-refractivity contribution in [3.8, 4) is 5.75 Å². The molecule has 1 aromatic carbocycles. The van der Waals surface area contributed by atoms with Gasteiger partial charge in [-0.15, -0.1) is 6.58 Å². The molecule has 100 valence electrons. The van der Waals surface area contributed by atoms with Crippen LogP contribution in [0.2, 0.25) is 0 Å². The van der Waals surface area contributed by atoms with Crippen LogP contribution in [0.4, 0.5) is 0 Å². The number of hydrogen-bond donors (Lipinski definition) is 0. The predicted octanol–water partition coefficient (Wildman–Crippen LogP) is 3.48. The molecule has 0 N–H and O–H groups in total. The first-order valence-corrected chi connectivity index (χ1v) is 6.44. The molecule has 3 nitrogen and oxygen atoms in total. The molecule has 1 aromatic heterocycles. The molecule has 0 aliphatic rings. The number of hydrogen-bond acceptors (Lipinski definition) is 3. The Hall–Kier alpha value is -2.03. The summed E-state index contributed by atoms with van der Waals surface area (Å²) in [4.78, 5) is 11.7. The monoisotopic (exact) mass is 258 g/mol. The number of ether oxygens (including phenoxy) is 1. The maximum Gasteiger partial charge on any atom is 0.336 e. The molecule has 1 heterocycles. The number of fused-ring (bicyclic) bond motifs is 1. The number of rotatable bonds is 5. The van der Waals surface area contributed by atoms with Crippen molar-refractivity contribution in [2.75, 3.05) is 7.11 Å². The Morgan fingerprint density at radius 2 is 2.21 bits per heavy atom. The van der Waals surface area contributed by atoms with Crippen LogP contribution in [-0.4, -0.2) is 7.11 Å². The fraction of sp³-hybridized carbons (Fsp3) is 0.312. The summed E-state index contributed by atoms with van der Waals surface area (Å²) < 4.78 is 10.7. The molecule has 0 atom stereocenters. The topological polar surface area (TPSA) is 39.4 Å². The third-order valence-corrected chi connectivity index (χ3v) is 3.15. The Labute approximate surface area is 112 Å². The van der Waals surface area contributed by atoms with Gasteiger partial charge in [-0.1, -0.05) is 19.4 Å². The van der Waals surface area contributed by atoms with Gasteiger partial charge in [-0.25, -0.2) is 4.79 Å². The Balaban J connectivity index is 2.79. The summed E-state index contributed by atoms with van der Waals surface area (Å²) in [6, 6.07) is 5.45. The predicted molar refractivity (Wildman–Crippen MR) is 76.9 cm³/mol. The highest BCUT2D eigenvalue weighted by Gasteiger charge is 2.13. The Bertz CT molecular complexity index is 653. The van der Waals surface area contributed by atoms with Gasteiger partial charge in [0.1, 0.15) is 11.3 Å². The molecule has 0 spiro atoms. The lowest BCUT2D eigenvalue weighted by atomic mass is 10.0. The van der Waals surface area contributed by atoms with Crippen LogP contribution in [0.5, 0.6) is 5.75 Å². The fourth-order valence-electron chi connectivity index (χ4n) is 2.33. The molecule has 0 unspecified atom stereocenters. The van der Waals surface area contributed by atoms with Crippen LogP contribution in [-0.2, 0) is 12.8 Å². The molecule has 0 bridgehead atoms. The lowest BCUT2D eigenvalue weighted by Crippen LogP contribution is -2.03. The van der Waals surface area contributed by atoms with E-state index >= 15 is 0 Å². The summed E-state index contributed by atoms with van der Waals surface area (Å²) in [6.45, 7) is 5.84. The van der Waals surface area contributed by atoms with Gasteiger partial charge in [0.05, 0.1) is 7.11 Å². The standard InChI is InChI=1S/C16H18O3/c1-4-6-11-10-15(17)19-16-12(11)8-9-14(18-3)13(16)7-5-2/h5,8-10H,2,4,6-7H2,1,3H3. The van der Waals surface area contributed by atoms with Crippen LogP contribution < -0.4 is 10.4 Å². The molecule has 2 rings (SSSR count). The zero-order valence-corrected chi connectivity index (χ0v) is 11.4. The second-order valence-corrected chi connectivity index (χ2v) is 4.46. The maximum absolute atomic E-state index is 11.7. The average molecular weight is 258 g/mol. The molecule has 0 amide bonds. The molecular formula is C16H18O3. The lowest BCUT2D eigenvalue weighted by Gasteiger charge is -2.11. The van der Waals surface area contributed by atoms with E-state index in [9.17, 15) is 4.79 Å². The van der Waals surface area contributed by atoms with Crippen LogP contribution in [0.25, 0.3) is 11.0 Å². The van der Waals surface area contributed by atoms with Crippen LogP contribution in [0.3, 0.4) is 0 Å². The summed E-state index contributed by atoms with van der Waals surface area (Å²) in [5.74, 6) is 0.726. The van der Waals surface area contributed by atoms with Gasteiger partial charge in [0, 0.05) is 17.0 Å². The van der Waals surface area contributed by atoms with Gasteiger partial charge >= 0.3 is 5.63 Å². The van der Waals surface area contributed by atoms with E-state index in [4.69, 9.17) is 9.15 Å². The van der Waals surface area contributed by atoms with Crippen molar-refractivity contribution in [1.29, 1.82) is 0 Å². The molecule has 0 aliphatic carbocycles. The third-order valence-electron chi connectivity index (χ3n) is 3.15. The summed E-state index contributed by atoms with van der Waals surface area (Å²) in [6.07, 6.45) is 4.24. The van der Waals surface area contributed by atoms with Crippen LogP contribution >= 0.6 is 0 Å². The van der Waals surface area contributed by atoms with Gasteiger partial charge in [-0.3, -0.25) is 0 Å². The number of aryl methyl sites for hydroxylation is 1. The molecule has 19 heavy (non-hydrogen) atoms. The van der Waals surface area contributed by atoms with Crippen molar-refractivity contribution < 1.29 is 9.15 Å². The van der Waals surface area contributed by atoms with Gasteiger partial charge < -0.3 is 9.15 Å². The zero-order valence-electron chi connectivity index (χ0n) is 11.4. The molecule has 0 aliphatic heterocycles. The van der Waals surface area contributed by atoms with E-state index in [1.54, 1.807) is 19.3 Å². The summed E-state index contributed by atoms with van der Waals surface area (Å²) >= 11 is 0. The minimum atomic E-state index is -0.311. The first-order valence-electron chi connectivity index (χ1n) is 6.44. The van der Waals surface area contributed by atoms with Gasteiger partial charge in [-0.05, 0) is 30.5 Å². The van der Waals surface area contributed by atoms with Gasteiger partial charge in [-0.2, -0.15) is 0 Å².